The number of amides is 1. The lowest BCUT2D eigenvalue weighted by atomic mass is 10.1. The smallest absolute Gasteiger partial charge is 0.251 e. The molecule has 112 valence electrons. The molecule has 5 heteroatoms. The summed E-state index contributed by atoms with van der Waals surface area (Å²) in [4.78, 5) is 19.8. The number of H-pyrrole nitrogens is 1. The summed E-state index contributed by atoms with van der Waals surface area (Å²) in [6, 6.07) is 15.2. The average Bonchev–Trinajstić information content (AvgIpc) is 2.96. The minimum absolute atomic E-state index is 0.126. The van der Waals surface area contributed by atoms with E-state index in [4.69, 9.17) is 4.74 Å². The van der Waals surface area contributed by atoms with E-state index in [0.717, 1.165) is 22.4 Å². The van der Waals surface area contributed by atoms with Gasteiger partial charge in [0.1, 0.15) is 5.82 Å². The van der Waals surface area contributed by atoms with Crippen LogP contribution in [0.4, 0.5) is 0 Å². The first-order chi connectivity index (χ1) is 10.8. The molecule has 0 unspecified atom stereocenters. The number of para-hydroxylation sites is 2. The van der Waals surface area contributed by atoms with Crippen LogP contribution in [0, 0.1) is 0 Å². The Hall–Kier alpha value is -2.66. The predicted octanol–water partition coefficient (Wildman–Crippen LogP) is 2.64. The molecule has 3 aromatic rings. The number of ether oxygens (including phenoxy) is 1. The molecule has 0 spiro atoms. The van der Waals surface area contributed by atoms with E-state index in [9.17, 15) is 4.79 Å². The average molecular weight is 295 g/mol. The molecule has 0 atom stereocenters. The van der Waals surface area contributed by atoms with Crippen LogP contribution >= 0.6 is 0 Å². The zero-order chi connectivity index (χ0) is 15.4. The molecule has 3 rings (SSSR count). The number of imidazole rings is 1. The normalized spacial score (nSPS) is 10.8. The molecule has 22 heavy (non-hydrogen) atoms. The maximum Gasteiger partial charge on any atom is 0.251 e. The second kappa shape index (κ2) is 6.41. The Balaban J connectivity index is 1.67. The van der Waals surface area contributed by atoms with E-state index >= 15 is 0 Å². The molecule has 0 aliphatic rings. The molecular weight excluding hydrogens is 278 g/mol. The van der Waals surface area contributed by atoms with E-state index in [1.54, 1.807) is 13.2 Å². The monoisotopic (exact) mass is 295 g/mol. The lowest BCUT2D eigenvalue weighted by Gasteiger charge is -2.05. The predicted molar refractivity (Wildman–Crippen MR) is 84.4 cm³/mol. The van der Waals surface area contributed by atoms with Crippen LogP contribution in [0.2, 0.25) is 0 Å². The number of nitrogens with zero attached hydrogens (tertiary/aromatic N) is 1. The van der Waals surface area contributed by atoms with Crippen LogP contribution in [0.1, 0.15) is 21.7 Å². The van der Waals surface area contributed by atoms with Crippen molar-refractivity contribution in [3.05, 3.63) is 65.5 Å². The Labute approximate surface area is 128 Å². The summed E-state index contributed by atoms with van der Waals surface area (Å²) in [6.07, 6.45) is 0. The van der Waals surface area contributed by atoms with Crippen molar-refractivity contribution < 1.29 is 9.53 Å². The van der Waals surface area contributed by atoms with Gasteiger partial charge in [-0.25, -0.2) is 4.98 Å². The Morgan fingerprint density at radius 1 is 1.23 bits per heavy atom. The number of carbonyl (C=O) groups excluding carboxylic acids is 1. The highest BCUT2D eigenvalue weighted by atomic mass is 16.5. The summed E-state index contributed by atoms with van der Waals surface area (Å²) in [6.45, 7) is 0.854. The number of hydrogen-bond donors (Lipinski definition) is 2. The number of methoxy groups -OCH3 is 1. The van der Waals surface area contributed by atoms with Gasteiger partial charge in [-0.05, 0) is 29.8 Å². The van der Waals surface area contributed by atoms with Gasteiger partial charge in [0.25, 0.3) is 5.91 Å². The van der Waals surface area contributed by atoms with Crippen molar-refractivity contribution in [1.29, 1.82) is 0 Å². The first-order valence-corrected chi connectivity index (χ1v) is 7.06. The van der Waals surface area contributed by atoms with E-state index in [1.807, 2.05) is 42.5 Å². The van der Waals surface area contributed by atoms with Gasteiger partial charge in [-0.3, -0.25) is 4.79 Å². The molecule has 5 nitrogen and oxygen atoms in total. The Bertz CT molecular complexity index is 762. The third kappa shape index (κ3) is 3.15. The number of aromatic amines is 1. The van der Waals surface area contributed by atoms with E-state index in [-0.39, 0.29) is 5.91 Å². The summed E-state index contributed by atoms with van der Waals surface area (Å²) >= 11 is 0. The highest BCUT2D eigenvalue weighted by Crippen LogP contribution is 2.10. The lowest BCUT2D eigenvalue weighted by Crippen LogP contribution is -2.23. The second-order valence-corrected chi connectivity index (χ2v) is 5.02. The van der Waals surface area contributed by atoms with Crippen molar-refractivity contribution in [3.63, 3.8) is 0 Å². The van der Waals surface area contributed by atoms with Crippen LogP contribution in [0.25, 0.3) is 11.0 Å². The van der Waals surface area contributed by atoms with Crippen molar-refractivity contribution in [2.24, 2.45) is 0 Å². The van der Waals surface area contributed by atoms with E-state index in [2.05, 4.69) is 15.3 Å². The number of fused-ring (bicyclic) bond motifs is 1. The van der Waals surface area contributed by atoms with Crippen LogP contribution in [0.5, 0.6) is 0 Å². The molecule has 1 aromatic heterocycles. The Morgan fingerprint density at radius 2 is 2.09 bits per heavy atom. The van der Waals surface area contributed by atoms with Crippen molar-refractivity contribution in [2.45, 2.75) is 13.2 Å². The van der Waals surface area contributed by atoms with E-state index in [0.29, 0.717) is 18.7 Å². The molecule has 0 saturated carbocycles. The van der Waals surface area contributed by atoms with Gasteiger partial charge in [0.05, 0.1) is 24.2 Å². The molecule has 2 aromatic carbocycles. The number of carbonyl (C=O) groups is 1. The SMILES string of the molecule is COCc1cccc(C(=O)NCc2nc3ccccc3[nH]2)c1. The molecule has 0 saturated heterocycles. The molecular formula is C17H17N3O2. The Kier molecular flexibility index (Phi) is 4.16. The second-order valence-electron chi connectivity index (χ2n) is 5.02. The summed E-state index contributed by atoms with van der Waals surface area (Å²) in [5.74, 6) is 0.612. The number of benzene rings is 2. The van der Waals surface area contributed by atoms with Gasteiger partial charge in [0.2, 0.25) is 0 Å². The molecule has 1 amide bonds. The standard InChI is InChI=1S/C17H17N3O2/c1-22-11-12-5-4-6-13(9-12)17(21)18-10-16-19-14-7-2-3-8-15(14)20-16/h2-9H,10-11H2,1H3,(H,18,21)(H,19,20). The van der Waals surface area contributed by atoms with Gasteiger partial charge in [-0.2, -0.15) is 0 Å². The molecule has 0 bridgehead atoms. The molecule has 0 radical (unpaired) electrons. The van der Waals surface area contributed by atoms with Crippen molar-refractivity contribution in [1.82, 2.24) is 15.3 Å². The summed E-state index contributed by atoms with van der Waals surface area (Å²) < 4.78 is 5.08. The first-order valence-electron chi connectivity index (χ1n) is 7.06. The minimum Gasteiger partial charge on any atom is -0.380 e. The first kappa shape index (κ1) is 14.3. The quantitative estimate of drug-likeness (QED) is 0.760. The zero-order valence-electron chi connectivity index (χ0n) is 12.3. The summed E-state index contributed by atoms with van der Waals surface area (Å²) in [7, 11) is 1.63. The maximum absolute atomic E-state index is 12.2. The van der Waals surface area contributed by atoms with Crippen LogP contribution in [-0.4, -0.2) is 23.0 Å². The van der Waals surface area contributed by atoms with Gasteiger partial charge in [0.15, 0.2) is 0 Å². The van der Waals surface area contributed by atoms with Gasteiger partial charge < -0.3 is 15.0 Å². The van der Waals surface area contributed by atoms with Crippen LogP contribution in [-0.2, 0) is 17.9 Å². The largest absolute Gasteiger partial charge is 0.380 e. The fraction of sp³-hybridized carbons (Fsp3) is 0.176. The van der Waals surface area contributed by atoms with Crippen LogP contribution in [0.3, 0.4) is 0 Å². The highest BCUT2D eigenvalue weighted by molar-refractivity contribution is 5.94. The van der Waals surface area contributed by atoms with Gasteiger partial charge in [0, 0.05) is 12.7 Å². The number of aromatic nitrogens is 2. The fourth-order valence-electron chi connectivity index (χ4n) is 2.32. The topological polar surface area (TPSA) is 67.0 Å². The molecule has 2 N–H and O–H groups in total. The van der Waals surface area contributed by atoms with Gasteiger partial charge in [-0.15, -0.1) is 0 Å². The van der Waals surface area contributed by atoms with Gasteiger partial charge >= 0.3 is 0 Å². The summed E-state index contributed by atoms with van der Waals surface area (Å²) in [5.41, 5.74) is 3.45. The zero-order valence-corrected chi connectivity index (χ0v) is 12.3. The Morgan fingerprint density at radius 3 is 2.91 bits per heavy atom. The van der Waals surface area contributed by atoms with Gasteiger partial charge in [-0.1, -0.05) is 24.3 Å². The summed E-state index contributed by atoms with van der Waals surface area (Å²) in [5, 5.41) is 2.87. The highest BCUT2D eigenvalue weighted by Gasteiger charge is 2.08. The van der Waals surface area contributed by atoms with E-state index in [1.165, 1.54) is 0 Å². The minimum atomic E-state index is -0.126. The van der Waals surface area contributed by atoms with Crippen LogP contribution < -0.4 is 5.32 Å². The molecule has 0 aliphatic carbocycles. The van der Waals surface area contributed by atoms with Crippen molar-refractivity contribution >= 4 is 16.9 Å². The molecule has 0 aliphatic heterocycles. The van der Waals surface area contributed by atoms with Crippen molar-refractivity contribution in [2.75, 3.05) is 7.11 Å². The number of nitrogens with one attached hydrogen (secondary N) is 2. The molecule has 0 fully saturated rings. The van der Waals surface area contributed by atoms with E-state index < -0.39 is 0 Å². The third-order valence-electron chi connectivity index (χ3n) is 3.35. The maximum atomic E-state index is 12.2. The number of hydrogen-bond acceptors (Lipinski definition) is 3. The van der Waals surface area contributed by atoms with Crippen LogP contribution in [0.15, 0.2) is 48.5 Å². The lowest BCUT2D eigenvalue weighted by molar-refractivity contribution is 0.0949. The molecule has 1 heterocycles. The fourth-order valence-corrected chi connectivity index (χ4v) is 2.32. The van der Waals surface area contributed by atoms with Crippen molar-refractivity contribution in [3.8, 4) is 0 Å². The number of rotatable bonds is 5. The third-order valence-corrected chi connectivity index (χ3v) is 3.35.